The predicted octanol–water partition coefficient (Wildman–Crippen LogP) is 3.43. The van der Waals surface area contributed by atoms with Crippen molar-refractivity contribution in [3.63, 3.8) is 0 Å². The summed E-state index contributed by atoms with van der Waals surface area (Å²) in [5.74, 6) is 0.553. The SMILES string of the molecule is CCC(C)Oc1ccc([C@H](N)C(F)(F)F)cc1. The van der Waals surface area contributed by atoms with Gasteiger partial charge in [0.05, 0.1) is 6.10 Å². The summed E-state index contributed by atoms with van der Waals surface area (Å²) in [5.41, 5.74) is 5.12. The van der Waals surface area contributed by atoms with Gasteiger partial charge in [-0.3, -0.25) is 0 Å². The van der Waals surface area contributed by atoms with Gasteiger partial charge in [-0.15, -0.1) is 0 Å². The number of nitrogens with two attached hydrogens (primary N) is 1. The molecule has 0 spiro atoms. The van der Waals surface area contributed by atoms with Gasteiger partial charge in [-0.2, -0.15) is 13.2 Å². The van der Waals surface area contributed by atoms with Crippen molar-refractivity contribution in [2.75, 3.05) is 0 Å². The van der Waals surface area contributed by atoms with Crippen LogP contribution in [-0.2, 0) is 0 Å². The van der Waals surface area contributed by atoms with Gasteiger partial charge >= 0.3 is 6.18 Å². The van der Waals surface area contributed by atoms with E-state index >= 15 is 0 Å². The zero-order valence-corrected chi connectivity index (χ0v) is 9.79. The average molecular weight is 247 g/mol. The predicted molar refractivity (Wildman–Crippen MR) is 59.8 cm³/mol. The van der Waals surface area contributed by atoms with E-state index in [4.69, 9.17) is 10.5 Å². The Bertz CT molecular complexity index is 348. The molecule has 0 bridgehead atoms. The highest BCUT2D eigenvalue weighted by Gasteiger charge is 2.37. The first-order valence-electron chi connectivity index (χ1n) is 5.43. The molecule has 0 heterocycles. The molecule has 0 aliphatic rings. The van der Waals surface area contributed by atoms with E-state index in [1.807, 2.05) is 13.8 Å². The standard InChI is InChI=1S/C12H16F3NO/c1-3-8(2)17-10-6-4-9(5-7-10)11(16)12(13,14)15/h4-8,11H,3,16H2,1-2H3/t8?,11-/m0/s1. The van der Waals surface area contributed by atoms with Gasteiger partial charge in [-0.1, -0.05) is 19.1 Å². The van der Waals surface area contributed by atoms with Crippen molar-refractivity contribution in [2.24, 2.45) is 5.73 Å². The summed E-state index contributed by atoms with van der Waals surface area (Å²) in [6.45, 7) is 3.87. The normalized spacial score (nSPS) is 15.4. The van der Waals surface area contributed by atoms with Crippen molar-refractivity contribution >= 4 is 0 Å². The topological polar surface area (TPSA) is 35.2 Å². The summed E-state index contributed by atoms with van der Waals surface area (Å²) in [5, 5.41) is 0. The van der Waals surface area contributed by atoms with Crippen LogP contribution in [0.3, 0.4) is 0 Å². The molecule has 0 fully saturated rings. The van der Waals surface area contributed by atoms with Crippen molar-refractivity contribution in [3.8, 4) is 5.75 Å². The minimum atomic E-state index is -4.42. The Balaban J connectivity index is 2.74. The van der Waals surface area contributed by atoms with Crippen LogP contribution >= 0.6 is 0 Å². The third kappa shape index (κ3) is 3.93. The smallest absolute Gasteiger partial charge is 0.407 e. The van der Waals surface area contributed by atoms with E-state index in [9.17, 15) is 13.2 Å². The number of benzene rings is 1. The fourth-order valence-corrected chi connectivity index (χ4v) is 1.26. The van der Waals surface area contributed by atoms with Gasteiger partial charge in [0, 0.05) is 0 Å². The first-order valence-corrected chi connectivity index (χ1v) is 5.43. The lowest BCUT2D eigenvalue weighted by molar-refractivity contribution is -0.149. The molecule has 2 nitrogen and oxygen atoms in total. The van der Waals surface area contributed by atoms with Crippen molar-refractivity contribution in [2.45, 2.75) is 38.6 Å². The van der Waals surface area contributed by atoms with Crippen LogP contribution in [0.1, 0.15) is 31.9 Å². The number of rotatable bonds is 4. The van der Waals surface area contributed by atoms with E-state index in [-0.39, 0.29) is 11.7 Å². The number of hydrogen-bond donors (Lipinski definition) is 1. The Labute approximate surface area is 98.6 Å². The van der Waals surface area contributed by atoms with Gasteiger partial charge in [-0.25, -0.2) is 0 Å². The minimum absolute atomic E-state index is 0.0361. The fraction of sp³-hybridized carbons (Fsp3) is 0.500. The maximum atomic E-state index is 12.3. The fourth-order valence-electron chi connectivity index (χ4n) is 1.26. The van der Waals surface area contributed by atoms with Gasteiger partial charge < -0.3 is 10.5 Å². The second-order valence-corrected chi connectivity index (χ2v) is 3.93. The minimum Gasteiger partial charge on any atom is -0.491 e. The highest BCUT2D eigenvalue weighted by Crippen LogP contribution is 2.31. The molecule has 2 atom stereocenters. The molecule has 1 aromatic rings. The van der Waals surface area contributed by atoms with Gasteiger partial charge in [0.1, 0.15) is 11.8 Å². The highest BCUT2D eigenvalue weighted by atomic mass is 19.4. The van der Waals surface area contributed by atoms with Gasteiger partial charge in [0.15, 0.2) is 0 Å². The summed E-state index contributed by atoms with van der Waals surface area (Å²) in [7, 11) is 0. The van der Waals surface area contributed by atoms with E-state index in [1.54, 1.807) is 0 Å². The lowest BCUT2D eigenvalue weighted by Crippen LogP contribution is -2.28. The van der Waals surface area contributed by atoms with Crippen LogP contribution < -0.4 is 10.5 Å². The zero-order valence-electron chi connectivity index (χ0n) is 9.79. The molecule has 0 saturated heterocycles. The number of halogens is 3. The Hall–Kier alpha value is -1.23. The van der Waals surface area contributed by atoms with Crippen LogP contribution in [-0.4, -0.2) is 12.3 Å². The maximum absolute atomic E-state index is 12.3. The average Bonchev–Trinajstić information content (AvgIpc) is 2.27. The molecule has 5 heteroatoms. The van der Waals surface area contributed by atoms with Crippen LogP contribution in [0.25, 0.3) is 0 Å². The summed E-state index contributed by atoms with van der Waals surface area (Å²) in [6, 6.07) is 3.76. The third-order valence-corrected chi connectivity index (χ3v) is 2.50. The molecule has 96 valence electrons. The van der Waals surface area contributed by atoms with Crippen molar-refractivity contribution in [1.82, 2.24) is 0 Å². The summed E-state index contributed by atoms with van der Waals surface area (Å²) in [6.07, 6.45) is -3.54. The molecule has 0 radical (unpaired) electrons. The Kier molecular flexibility index (Phi) is 4.40. The van der Waals surface area contributed by atoms with Crippen molar-refractivity contribution in [3.05, 3.63) is 29.8 Å². The summed E-state index contributed by atoms with van der Waals surface area (Å²) in [4.78, 5) is 0. The molecular weight excluding hydrogens is 231 g/mol. The van der Waals surface area contributed by atoms with Crippen molar-refractivity contribution < 1.29 is 17.9 Å². The van der Waals surface area contributed by atoms with Gasteiger partial charge in [0.25, 0.3) is 0 Å². The zero-order chi connectivity index (χ0) is 13.1. The van der Waals surface area contributed by atoms with Crippen LogP contribution in [0, 0.1) is 0 Å². The molecule has 0 aliphatic heterocycles. The highest BCUT2D eigenvalue weighted by molar-refractivity contribution is 5.29. The maximum Gasteiger partial charge on any atom is 0.407 e. The molecule has 1 unspecified atom stereocenters. The second kappa shape index (κ2) is 5.40. The Morgan fingerprint density at radius 2 is 1.76 bits per heavy atom. The van der Waals surface area contributed by atoms with Crippen LogP contribution in [0.5, 0.6) is 5.75 Å². The molecule has 2 N–H and O–H groups in total. The third-order valence-electron chi connectivity index (χ3n) is 2.50. The van der Waals surface area contributed by atoms with Crippen LogP contribution in [0.15, 0.2) is 24.3 Å². The van der Waals surface area contributed by atoms with Gasteiger partial charge in [0.2, 0.25) is 0 Å². The molecule has 0 amide bonds. The Morgan fingerprint density at radius 3 is 2.18 bits per heavy atom. The lowest BCUT2D eigenvalue weighted by Gasteiger charge is -2.17. The second-order valence-electron chi connectivity index (χ2n) is 3.93. The molecule has 0 aromatic heterocycles. The monoisotopic (exact) mass is 247 g/mol. The molecule has 0 aliphatic carbocycles. The van der Waals surface area contributed by atoms with Crippen LogP contribution in [0.4, 0.5) is 13.2 Å². The van der Waals surface area contributed by atoms with E-state index in [0.717, 1.165) is 6.42 Å². The van der Waals surface area contributed by atoms with E-state index in [1.165, 1.54) is 24.3 Å². The lowest BCUT2D eigenvalue weighted by atomic mass is 10.1. The quantitative estimate of drug-likeness (QED) is 0.884. The van der Waals surface area contributed by atoms with E-state index in [2.05, 4.69) is 0 Å². The van der Waals surface area contributed by atoms with E-state index < -0.39 is 12.2 Å². The Morgan fingerprint density at radius 1 is 1.24 bits per heavy atom. The van der Waals surface area contributed by atoms with Crippen LogP contribution in [0.2, 0.25) is 0 Å². The molecule has 17 heavy (non-hydrogen) atoms. The van der Waals surface area contributed by atoms with Crippen molar-refractivity contribution in [1.29, 1.82) is 0 Å². The number of alkyl halides is 3. The largest absolute Gasteiger partial charge is 0.491 e. The number of ether oxygens (including phenoxy) is 1. The summed E-state index contributed by atoms with van der Waals surface area (Å²) < 4.78 is 42.5. The summed E-state index contributed by atoms with van der Waals surface area (Å²) >= 11 is 0. The van der Waals surface area contributed by atoms with E-state index in [0.29, 0.717) is 5.75 Å². The first-order chi connectivity index (χ1) is 7.84. The molecular formula is C12H16F3NO. The molecule has 1 rings (SSSR count). The number of hydrogen-bond acceptors (Lipinski definition) is 2. The molecule has 0 saturated carbocycles. The molecule has 1 aromatic carbocycles. The first kappa shape index (κ1) is 13.8. The van der Waals surface area contributed by atoms with Gasteiger partial charge in [-0.05, 0) is 31.0 Å².